The maximum Gasteiger partial charge on any atom is 0.337 e. The molecule has 0 atom stereocenters. The minimum atomic E-state index is -0.468. The van der Waals surface area contributed by atoms with E-state index < -0.39 is 5.97 Å². The lowest BCUT2D eigenvalue weighted by Crippen LogP contribution is -2.13. The van der Waals surface area contributed by atoms with Crippen molar-refractivity contribution in [1.29, 1.82) is 0 Å². The highest BCUT2D eigenvalue weighted by atomic mass is 35.5. The highest BCUT2D eigenvalue weighted by molar-refractivity contribution is 6.30. The smallest absolute Gasteiger partial charge is 0.337 e. The molecule has 136 valence electrons. The van der Waals surface area contributed by atoms with Crippen molar-refractivity contribution in [1.82, 2.24) is 4.98 Å². The van der Waals surface area contributed by atoms with Gasteiger partial charge in [-0.05, 0) is 54.6 Å². The molecule has 2 N–H and O–H groups in total. The van der Waals surface area contributed by atoms with E-state index in [0.717, 1.165) is 5.69 Å². The molecule has 0 aliphatic carbocycles. The van der Waals surface area contributed by atoms with Gasteiger partial charge in [0.15, 0.2) is 0 Å². The van der Waals surface area contributed by atoms with Gasteiger partial charge in [0.2, 0.25) is 0 Å². The van der Waals surface area contributed by atoms with Gasteiger partial charge in [0, 0.05) is 28.2 Å². The number of benzene rings is 2. The Kier molecular flexibility index (Phi) is 5.68. The number of hydrogen-bond acceptors (Lipinski definition) is 5. The summed E-state index contributed by atoms with van der Waals surface area (Å²) in [6, 6.07) is 16.9. The van der Waals surface area contributed by atoms with Crippen molar-refractivity contribution in [2.45, 2.75) is 0 Å². The molecule has 0 spiro atoms. The van der Waals surface area contributed by atoms with E-state index in [1.165, 1.54) is 13.3 Å². The first-order chi connectivity index (χ1) is 13.0. The molecule has 0 aliphatic rings. The number of pyridine rings is 1. The number of aromatic nitrogens is 1. The van der Waals surface area contributed by atoms with Crippen LogP contribution in [0, 0.1) is 0 Å². The van der Waals surface area contributed by atoms with Crippen LogP contribution in [0.3, 0.4) is 0 Å². The van der Waals surface area contributed by atoms with Crippen LogP contribution in [0.4, 0.5) is 17.2 Å². The first-order valence-corrected chi connectivity index (χ1v) is 8.41. The molecule has 0 bridgehead atoms. The Morgan fingerprint density at radius 2 is 1.74 bits per heavy atom. The second-order valence-corrected chi connectivity index (χ2v) is 6.02. The van der Waals surface area contributed by atoms with Gasteiger partial charge in [-0.3, -0.25) is 4.79 Å². The maximum atomic E-state index is 12.5. The number of ether oxygens (including phenoxy) is 1. The lowest BCUT2D eigenvalue weighted by atomic mass is 10.2. The van der Waals surface area contributed by atoms with Gasteiger partial charge in [-0.2, -0.15) is 0 Å². The monoisotopic (exact) mass is 381 g/mol. The zero-order valence-corrected chi connectivity index (χ0v) is 15.2. The zero-order valence-electron chi connectivity index (χ0n) is 14.4. The molecule has 2 aromatic carbocycles. The summed E-state index contributed by atoms with van der Waals surface area (Å²) in [6.07, 6.45) is 1.54. The molecular weight excluding hydrogens is 366 g/mol. The summed E-state index contributed by atoms with van der Waals surface area (Å²) in [5, 5.41) is 6.50. The number of methoxy groups -OCH3 is 1. The van der Waals surface area contributed by atoms with Crippen LogP contribution in [0.25, 0.3) is 0 Å². The lowest BCUT2D eigenvalue weighted by Gasteiger charge is -2.09. The molecular formula is C20H16ClN3O3. The van der Waals surface area contributed by atoms with E-state index in [9.17, 15) is 9.59 Å². The third-order valence-electron chi connectivity index (χ3n) is 3.68. The third-order valence-corrected chi connectivity index (χ3v) is 3.93. The number of rotatable bonds is 5. The van der Waals surface area contributed by atoms with Gasteiger partial charge in [0.25, 0.3) is 5.91 Å². The molecule has 0 aliphatic heterocycles. The Balaban J connectivity index is 1.73. The Bertz CT molecular complexity index is 974. The van der Waals surface area contributed by atoms with Crippen LogP contribution >= 0.6 is 11.6 Å². The van der Waals surface area contributed by atoms with Crippen LogP contribution in [-0.2, 0) is 4.74 Å². The average Bonchev–Trinajstić information content (AvgIpc) is 2.69. The van der Waals surface area contributed by atoms with Gasteiger partial charge >= 0.3 is 5.97 Å². The van der Waals surface area contributed by atoms with Crippen LogP contribution in [0.2, 0.25) is 5.02 Å². The minimum absolute atomic E-state index is 0.321. The third kappa shape index (κ3) is 4.83. The van der Waals surface area contributed by atoms with Gasteiger partial charge < -0.3 is 15.4 Å². The van der Waals surface area contributed by atoms with Gasteiger partial charge in [-0.1, -0.05) is 17.7 Å². The fourth-order valence-electron chi connectivity index (χ4n) is 2.37. The van der Waals surface area contributed by atoms with Crippen LogP contribution < -0.4 is 10.6 Å². The van der Waals surface area contributed by atoms with Gasteiger partial charge in [-0.15, -0.1) is 0 Å². The van der Waals surface area contributed by atoms with E-state index in [-0.39, 0.29) is 5.91 Å². The van der Waals surface area contributed by atoms with Crippen LogP contribution in [0.5, 0.6) is 0 Å². The number of amides is 1. The highest BCUT2D eigenvalue weighted by Gasteiger charge is 2.10. The van der Waals surface area contributed by atoms with Crippen molar-refractivity contribution < 1.29 is 14.3 Å². The Morgan fingerprint density at radius 3 is 2.48 bits per heavy atom. The van der Waals surface area contributed by atoms with E-state index in [0.29, 0.717) is 27.7 Å². The van der Waals surface area contributed by atoms with E-state index in [1.54, 1.807) is 48.5 Å². The molecule has 27 heavy (non-hydrogen) atoms. The van der Waals surface area contributed by atoms with E-state index in [1.807, 2.05) is 12.1 Å². The predicted molar refractivity (Wildman–Crippen MR) is 105 cm³/mol. The molecule has 0 radical (unpaired) electrons. The number of esters is 1. The average molecular weight is 382 g/mol. The Labute approximate surface area is 161 Å². The summed E-state index contributed by atoms with van der Waals surface area (Å²) >= 11 is 5.87. The summed E-state index contributed by atoms with van der Waals surface area (Å²) in [7, 11) is 1.31. The summed E-state index contributed by atoms with van der Waals surface area (Å²) in [4.78, 5) is 28.3. The summed E-state index contributed by atoms with van der Waals surface area (Å²) < 4.78 is 4.68. The van der Waals surface area contributed by atoms with E-state index in [2.05, 4.69) is 20.4 Å². The van der Waals surface area contributed by atoms with Crippen molar-refractivity contribution in [2.75, 3.05) is 17.7 Å². The number of carbonyl (C=O) groups is 2. The highest BCUT2D eigenvalue weighted by Crippen LogP contribution is 2.19. The van der Waals surface area contributed by atoms with Crippen LogP contribution in [0.1, 0.15) is 20.7 Å². The van der Waals surface area contributed by atoms with Crippen molar-refractivity contribution >= 4 is 40.7 Å². The van der Waals surface area contributed by atoms with E-state index >= 15 is 0 Å². The number of anilines is 3. The number of nitrogens with zero attached hydrogens (tertiary/aromatic N) is 1. The molecule has 0 unspecified atom stereocenters. The fraction of sp³-hybridized carbons (Fsp3) is 0.0500. The molecule has 1 amide bonds. The number of nitrogens with one attached hydrogen (secondary N) is 2. The fourth-order valence-corrected chi connectivity index (χ4v) is 2.49. The number of halogens is 1. The zero-order chi connectivity index (χ0) is 19.2. The molecule has 0 fully saturated rings. The SMILES string of the molecule is COC(=O)c1cccc(NC(=O)c2ccnc(Nc3ccc(Cl)cc3)c2)c1. The first kappa shape index (κ1) is 18.4. The summed E-state index contributed by atoms with van der Waals surface area (Å²) in [5.41, 5.74) is 2.07. The van der Waals surface area contributed by atoms with Crippen LogP contribution in [-0.4, -0.2) is 24.0 Å². The topological polar surface area (TPSA) is 80.3 Å². The van der Waals surface area contributed by atoms with Crippen molar-refractivity contribution in [3.63, 3.8) is 0 Å². The Hall–Kier alpha value is -3.38. The van der Waals surface area contributed by atoms with Crippen LogP contribution in [0.15, 0.2) is 66.9 Å². The van der Waals surface area contributed by atoms with Gasteiger partial charge in [0.1, 0.15) is 5.82 Å². The molecule has 0 saturated heterocycles. The van der Waals surface area contributed by atoms with Crippen molar-refractivity contribution in [2.24, 2.45) is 0 Å². The van der Waals surface area contributed by atoms with E-state index in [4.69, 9.17) is 11.6 Å². The normalized spacial score (nSPS) is 10.1. The molecule has 6 nitrogen and oxygen atoms in total. The molecule has 3 rings (SSSR count). The molecule has 0 saturated carbocycles. The molecule has 1 heterocycles. The summed E-state index contributed by atoms with van der Waals surface area (Å²) in [5.74, 6) is -0.267. The molecule has 7 heteroatoms. The van der Waals surface area contributed by atoms with Crippen molar-refractivity contribution in [3.05, 3.63) is 83.0 Å². The second-order valence-electron chi connectivity index (χ2n) is 5.59. The number of hydrogen-bond donors (Lipinski definition) is 2. The first-order valence-electron chi connectivity index (χ1n) is 8.03. The minimum Gasteiger partial charge on any atom is -0.465 e. The maximum absolute atomic E-state index is 12.5. The summed E-state index contributed by atoms with van der Waals surface area (Å²) in [6.45, 7) is 0. The van der Waals surface area contributed by atoms with Gasteiger partial charge in [0.05, 0.1) is 12.7 Å². The quantitative estimate of drug-likeness (QED) is 0.635. The standard InChI is InChI=1S/C20H16ClN3O3/c1-27-20(26)14-3-2-4-17(11-14)24-19(25)13-9-10-22-18(12-13)23-16-7-5-15(21)6-8-16/h2-12H,1H3,(H,22,23)(H,24,25). The Morgan fingerprint density at radius 1 is 0.963 bits per heavy atom. The largest absolute Gasteiger partial charge is 0.465 e. The second kappa shape index (κ2) is 8.33. The molecule has 3 aromatic rings. The van der Waals surface area contributed by atoms with Gasteiger partial charge in [-0.25, -0.2) is 9.78 Å². The lowest BCUT2D eigenvalue weighted by molar-refractivity contribution is 0.0600. The number of carbonyl (C=O) groups excluding carboxylic acids is 2. The predicted octanol–water partition coefficient (Wildman–Crippen LogP) is 4.52. The van der Waals surface area contributed by atoms with Crippen molar-refractivity contribution in [3.8, 4) is 0 Å². The molecule has 1 aromatic heterocycles.